The highest BCUT2D eigenvalue weighted by atomic mass is 32.2. The molecule has 5 heteroatoms. The summed E-state index contributed by atoms with van der Waals surface area (Å²) in [7, 11) is 0. The number of unbranched alkanes of at least 4 members (excludes halogenated alkanes) is 3. The maximum Gasteiger partial charge on any atom is 0.151 e. The molecule has 0 saturated carbocycles. The zero-order valence-corrected chi connectivity index (χ0v) is 18.1. The van der Waals surface area contributed by atoms with Crippen molar-refractivity contribution in [3.63, 3.8) is 0 Å². The predicted octanol–water partition coefficient (Wildman–Crippen LogP) is 6.68. The second-order valence-corrected chi connectivity index (χ2v) is 9.32. The van der Waals surface area contributed by atoms with Crippen molar-refractivity contribution in [3.05, 3.63) is 54.1 Å². The highest BCUT2D eigenvalue weighted by Gasteiger charge is 2.07. The lowest BCUT2D eigenvalue weighted by Crippen LogP contribution is -2.25. The average Bonchev–Trinajstić information content (AvgIpc) is 3.12. The molecule has 0 aliphatic heterocycles. The van der Waals surface area contributed by atoms with Gasteiger partial charge in [-0.15, -0.1) is 11.3 Å². The molecule has 0 bridgehead atoms. The molecule has 0 aliphatic rings. The molecular formula is C23H27N3S2. The molecule has 0 N–H and O–H groups in total. The minimum atomic E-state index is 0.576. The molecule has 2 aromatic carbocycles. The zero-order chi connectivity index (χ0) is 19.6. The van der Waals surface area contributed by atoms with E-state index in [9.17, 15) is 0 Å². The van der Waals surface area contributed by atoms with Gasteiger partial charge in [0.2, 0.25) is 0 Å². The van der Waals surface area contributed by atoms with E-state index >= 15 is 0 Å². The van der Waals surface area contributed by atoms with Crippen molar-refractivity contribution in [2.24, 2.45) is 0 Å². The third-order valence-corrected chi connectivity index (χ3v) is 6.95. The van der Waals surface area contributed by atoms with Crippen LogP contribution < -0.4 is 4.90 Å². The van der Waals surface area contributed by atoms with Crippen molar-refractivity contribution in [2.75, 3.05) is 23.7 Å². The van der Waals surface area contributed by atoms with Crippen LogP contribution in [0.25, 0.3) is 10.2 Å². The van der Waals surface area contributed by atoms with Crippen LogP contribution in [-0.2, 0) is 0 Å². The van der Waals surface area contributed by atoms with Crippen LogP contribution in [0.5, 0.6) is 0 Å². The zero-order valence-electron chi connectivity index (χ0n) is 16.4. The van der Waals surface area contributed by atoms with Crippen molar-refractivity contribution in [1.82, 2.24) is 4.98 Å². The van der Waals surface area contributed by atoms with Crippen molar-refractivity contribution >= 4 is 39.0 Å². The number of aromatic nitrogens is 1. The molecule has 1 heterocycles. The molecule has 28 heavy (non-hydrogen) atoms. The first-order valence-corrected chi connectivity index (χ1v) is 11.7. The van der Waals surface area contributed by atoms with Crippen molar-refractivity contribution in [1.29, 1.82) is 5.26 Å². The Balaban J connectivity index is 1.36. The summed E-state index contributed by atoms with van der Waals surface area (Å²) in [5, 5.41) is 8.94. The van der Waals surface area contributed by atoms with E-state index in [1.165, 1.54) is 46.0 Å². The van der Waals surface area contributed by atoms with Crippen LogP contribution in [0.4, 0.5) is 5.69 Å². The quantitative estimate of drug-likeness (QED) is 0.262. The molecule has 0 atom stereocenters. The molecule has 0 unspecified atom stereocenters. The fourth-order valence-electron chi connectivity index (χ4n) is 3.21. The third kappa shape index (κ3) is 6.25. The second-order valence-electron chi connectivity index (χ2n) is 6.94. The number of hydrogen-bond donors (Lipinski definition) is 0. The number of thiazole rings is 1. The standard InChI is InChI=1S/C23H27N3S2/c1-19-10-8-11-20(18-19)26(16-9-14-24)15-6-2-3-7-17-27-23-25-21-12-4-5-13-22(21)28-23/h4-5,8,10-13,18H,2-3,6-7,9,15-17H2,1H3. The highest BCUT2D eigenvalue weighted by Crippen LogP contribution is 2.29. The normalized spacial score (nSPS) is 10.9. The smallest absolute Gasteiger partial charge is 0.151 e. The van der Waals surface area contributed by atoms with E-state index in [1.54, 1.807) is 11.3 Å². The number of thioether (sulfide) groups is 1. The third-order valence-electron chi connectivity index (χ3n) is 4.68. The summed E-state index contributed by atoms with van der Waals surface area (Å²) in [4.78, 5) is 7.04. The first-order chi connectivity index (χ1) is 13.8. The van der Waals surface area contributed by atoms with E-state index in [2.05, 4.69) is 65.3 Å². The number of para-hydroxylation sites is 1. The Morgan fingerprint density at radius 2 is 1.89 bits per heavy atom. The van der Waals surface area contributed by atoms with Crippen LogP contribution in [0.15, 0.2) is 52.9 Å². The molecule has 0 aliphatic carbocycles. The van der Waals surface area contributed by atoms with Crippen LogP contribution in [0.1, 0.15) is 37.7 Å². The Bertz CT molecular complexity index is 880. The predicted molar refractivity (Wildman–Crippen MR) is 122 cm³/mol. The van der Waals surface area contributed by atoms with Gasteiger partial charge in [-0.2, -0.15) is 5.26 Å². The average molecular weight is 410 g/mol. The van der Waals surface area contributed by atoms with Gasteiger partial charge in [0.25, 0.3) is 0 Å². The van der Waals surface area contributed by atoms with Gasteiger partial charge in [-0.1, -0.05) is 48.9 Å². The van der Waals surface area contributed by atoms with E-state index in [0.717, 1.165) is 24.4 Å². The Kier molecular flexibility index (Phi) is 8.20. The van der Waals surface area contributed by atoms with Gasteiger partial charge >= 0.3 is 0 Å². The Morgan fingerprint density at radius 1 is 1.04 bits per heavy atom. The van der Waals surface area contributed by atoms with Crippen LogP contribution in [-0.4, -0.2) is 23.8 Å². The van der Waals surface area contributed by atoms with E-state index in [4.69, 9.17) is 5.26 Å². The number of hydrogen-bond acceptors (Lipinski definition) is 5. The number of rotatable bonds is 11. The molecule has 3 nitrogen and oxygen atoms in total. The Labute approximate surface area is 176 Å². The number of benzene rings is 2. The molecular weight excluding hydrogens is 382 g/mol. The molecule has 0 radical (unpaired) electrons. The van der Waals surface area contributed by atoms with Crippen LogP contribution >= 0.6 is 23.1 Å². The number of aryl methyl sites for hydroxylation is 1. The molecule has 0 spiro atoms. The van der Waals surface area contributed by atoms with Gasteiger partial charge in [-0.3, -0.25) is 0 Å². The van der Waals surface area contributed by atoms with Crippen LogP contribution in [0.2, 0.25) is 0 Å². The van der Waals surface area contributed by atoms with Gasteiger partial charge in [0.1, 0.15) is 0 Å². The lowest BCUT2D eigenvalue weighted by Gasteiger charge is -2.24. The fourth-order valence-corrected chi connectivity index (χ4v) is 5.35. The summed E-state index contributed by atoms with van der Waals surface area (Å²) in [6.07, 6.45) is 5.45. The highest BCUT2D eigenvalue weighted by molar-refractivity contribution is 8.01. The molecule has 0 fully saturated rings. The second kappa shape index (κ2) is 11.1. The molecule has 0 saturated heterocycles. The first-order valence-electron chi connectivity index (χ1n) is 9.93. The summed E-state index contributed by atoms with van der Waals surface area (Å²) in [5.74, 6) is 1.13. The summed E-state index contributed by atoms with van der Waals surface area (Å²) in [6, 6.07) is 19.2. The van der Waals surface area contributed by atoms with Crippen molar-refractivity contribution in [2.45, 2.75) is 43.4 Å². The molecule has 3 aromatic rings. The number of fused-ring (bicyclic) bond motifs is 1. The molecule has 3 rings (SSSR count). The molecule has 0 amide bonds. The minimum Gasteiger partial charge on any atom is -0.370 e. The minimum absolute atomic E-state index is 0.576. The number of nitrogens with zero attached hydrogens (tertiary/aromatic N) is 3. The monoisotopic (exact) mass is 409 g/mol. The molecule has 1 aromatic heterocycles. The van der Waals surface area contributed by atoms with Gasteiger partial charge in [0.05, 0.1) is 22.7 Å². The number of nitriles is 1. The summed E-state index contributed by atoms with van der Waals surface area (Å²) in [6.45, 7) is 3.96. The van der Waals surface area contributed by atoms with E-state index in [1.807, 2.05) is 17.8 Å². The first kappa shape index (κ1) is 20.7. The lowest BCUT2D eigenvalue weighted by atomic mass is 10.1. The van der Waals surface area contributed by atoms with Gasteiger partial charge in [-0.05, 0) is 49.6 Å². The van der Waals surface area contributed by atoms with E-state index < -0.39 is 0 Å². The topological polar surface area (TPSA) is 39.9 Å². The van der Waals surface area contributed by atoms with Crippen molar-refractivity contribution < 1.29 is 0 Å². The number of anilines is 1. The lowest BCUT2D eigenvalue weighted by molar-refractivity contribution is 0.646. The SMILES string of the molecule is Cc1cccc(N(CCC#N)CCCCCCSc2nc3ccccc3s2)c1. The Morgan fingerprint density at radius 3 is 2.71 bits per heavy atom. The summed E-state index contributed by atoms with van der Waals surface area (Å²) >= 11 is 3.68. The Hall–Kier alpha value is -2.03. The van der Waals surface area contributed by atoms with Gasteiger partial charge in [-0.25, -0.2) is 4.98 Å². The maximum absolute atomic E-state index is 8.94. The van der Waals surface area contributed by atoms with E-state index in [-0.39, 0.29) is 0 Å². The van der Waals surface area contributed by atoms with Gasteiger partial charge in [0, 0.05) is 24.5 Å². The maximum atomic E-state index is 8.94. The molecule has 146 valence electrons. The summed E-state index contributed by atoms with van der Waals surface area (Å²) < 4.78 is 2.46. The summed E-state index contributed by atoms with van der Waals surface area (Å²) in [5.41, 5.74) is 3.62. The van der Waals surface area contributed by atoms with Gasteiger partial charge in [0.15, 0.2) is 4.34 Å². The van der Waals surface area contributed by atoms with Gasteiger partial charge < -0.3 is 4.90 Å². The van der Waals surface area contributed by atoms with Crippen LogP contribution in [0.3, 0.4) is 0 Å². The van der Waals surface area contributed by atoms with E-state index in [0.29, 0.717) is 6.42 Å². The fraction of sp³-hybridized carbons (Fsp3) is 0.391. The van der Waals surface area contributed by atoms with Crippen LogP contribution in [0, 0.1) is 18.3 Å². The largest absolute Gasteiger partial charge is 0.370 e. The van der Waals surface area contributed by atoms with Crippen molar-refractivity contribution in [3.8, 4) is 6.07 Å².